The van der Waals surface area contributed by atoms with Crippen molar-refractivity contribution in [3.05, 3.63) is 82.7 Å². The van der Waals surface area contributed by atoms with Crippen LogP contribution in [0.5, 0.6) is 0 Å². The molecular formula is C19H16BrF. The van der Waals surface area contributed by atoms with Crippen LogP contribution in [-0.4, -0.2) is 0 Å². The van der Waals surface area contributed by atoms with E-state index in [-0.39, 0.29) is 10.6 Å². The molecule has 0 saturated heterocycles. The molecule has 0 spiro atoms. The fraction of sp³-hybridized carbons (Fsp3) is 0.158. The number of halogens is 2. The fourth-order valence-corrected chi connectivity index (χ4v) is 3.23. The number of alkyl halides is 1. The lowest BCUT2D eigenvalue weighted by Gasteiger charge is -2.14. The summed E-state index contributed by atoms with van der Waals surface area (Å²) in [5, 5.41) is 2.45. The molecule has 3 aromatic carbocycles. The molecule has 1 unspecified atom stereocenters. The zero-order chi connectivity index (χ0) is 15.0. The van der Waals surface area contributed by atoms with Gasteiger partial charge in [-0.15, -0.1) is 0 Å². The molecule has 0 aliphatic carbocycles. The van der Waals surface area contributed by atoms with Gasteiger partial charge in [0.1, 0.15) is 5.82 Å². The van der Waals surface area contributed by atoms with Gasteiger partial charge in [-0.3, -0.25) is 0 Å². The summed E-state index contributed by atoms with van der Waals surface area (Å²) in [5.41, 5.74) is 3.64. The molecule has 0 aromatic heterocycles. The number of hydrogen-bond donors (Lipinski definition) is 0. The van der Waals surface area contributed by atoms with Crippen LogP contribution in [0, 0.1) is 19.7 Å². The second-order valence-electron chi connectivity index (χ2n) is 5.44. The number of hydrogen-bond acceptors (Lipinski definition) is 0. The van der Waals surface area contributed by atoms with Crippen LogP contribution in [-0.2, 0) is 0 Å². The highest BCUT2D eigenvalue weighted by Crippen LogP contribution is 2.34. The number of fused-ring (bicyclic) bond motifs is 1. The lowest BCUT2D eigenvalue weighted by Crippen LogP contribution is -1.97. The molecule has 0 aliphatic rings. The summed E-state index contributed by atoms with van der Waals surface area (Å²) >= 11 is 3.75. The first kappa shape index (κ1) is 14.3. The van der Waals surface area contributed by atoms with Crippen molar-refractivity contribution >= 4 is 26.7 Å². The second-order valence-corrected chi connectivity index (χ2v) is 6.35. The van der Waals surface area contributed by atoms with Crippen molar-refractivity contribution < 1.29 is 4.39 Å². The largest absolute Gasteiger partial charge is 0.206 e. The van der Waals surface area contributed by atoms with Gasteiger partial charge in [0.05, 0.1) is 4.83 Å². The van der Waals surface area contributed by atoms with Crippen molar-refractivity contribution in [2.45, 2.75) is 18.7 Å². The van der Waals surface area contributed by atoms with E-state index < -0.39 is 0 Å². The van der Waals surface area contributed by atoms with E-state index in [0.29, 0.717) is 11.1 Å². The molecular weight excluding hydrogens is 327 g/mol. The highest BCUT2D eigenvalue weighted by molar-refractivity contribution is 9.09. The lowest BCUT2D eigenvalue weighted by molar-refractivity contribution is 0.608. The van der Waals surface area contributed by atoms with E-state index >= 15 is 0 Å². The second kappa shape index (κ2) is 5.61. The van der Waals surface area contributed by atoms with Gasteiger partial charge in [0.2, 0.25) is 0 Å². The van der Waals surface area contributed by atoms with Crippen LogP contribution in [0.4, 0.5) is 4.39 Å². The van der Waals surface area contributed by atoms with Gasteiger partial charge in [0.25, 0.3) is 0 Å². The van der Waals surface area contributed by atoms with Crippen LogP contribution in [0.15, 0.2) is 54.6 Å². The Morgan fingerprint density at radius 2 is 1.43 bits per heavy atom. The number of rotatable bonds is 2. The van der Waals surface area contributed by atoms with Crippen molar-refractivity contribution in [3.8, 4) is 0 Å². The van der Waals surface area contributed by atoms with E-state index in [4.69, 9.17) is 0 Å². The Morgan fingerprint density at radius 3 is 2.10 bits per heavy atom. The molecule has 0 nitrogen and oxygen atoms in total. The first-order chi connectivity index (χ1) is 10.1. The maximum absolute atomic E-state index is 13.8. The van der Waals surface area contributed by atoms with Gasteiger partial charge in [0.15, 0.2) is 0 Å². The fourth-order valence-electron chi connectivity index (χ4n) is 2.68. The summed E-state index contributed by atoms with van der Waals surface area (Å²) in [6, 6.07) is 18.6. The molecule has 0 saturated carbocycles. The van der Waals surface area contributed by atoms with E-state index in [1.54, 1.807) is 0 Å². The molecule has 0 fully saturated rings. The normalized spacial score (nSPS) is 12.6. The Balaban J connectivity index is 2.05. The third-order valence-electron chi connectivity index (χ3n) is 3.82. The minimum atomic E-state index is -0.114. The van der Waals surface area contributed by atoms with Crippen LogP contribution >= 0.6 is 15.9 Å². The molecule has 0 bridgehead atoms. The van der Waals surface area contributed by atoms with Crippen molar-refractivity contribution in [3.63, 3.8) is 0 Å². The number of aryl methyl sites for hydroxylation is 2. The van der Waals surface area contributed by atoms with Crippen LogP contribution in [0.2, 0.25) is 0 Å². The standard InChI is InChI=1S/C19H16BrF/c1-12-9-17(10-13(2)19(12)21)18(20)16-8-7-14-5-3-4-6-15(14)11-16/h3-11,18H,1-2H3. The molecule has 0 amide bonds. The molecule has 0 aliphatic heterocycles. The van der Waals surface area contributed by atoms with Crippen molar-refractivity contribution in [1.29, 1.82) is 0 Å². The summed E-state index contributed by atoms with van der Waals surface area (Å²) in [7, 11) is 0. The molecule has 1 atom stereocenters. The van der Waals surface area contributed by atoms with E-state index in [0.717, 1.165) is 5.56 Å². The topological polar surface area (TPSA) is 0 Å². The zero-order valence-corrected chi connectivity index (χ0v) is 13.6. The van der Waals surface area contributed by atoms with Gasteiger partial charge in [-0.05, 0) is 52.9 Å². The summed E-state index contributed by atoms with van der Waals surface area (Å²) in [5.74, 6) is -0.114. The Hall–Kier alpha value is -1.67. The van der Waals surface area contributed by atoms with E-state index in [9.17, 15) is 4.39 Å². The van der Waals surface area contributed by atoms with Gasteiger partial charge in [0, 0.05) is 0 Å². The maximum Gasteiger partial charge on any atom is 0.129 e. The third kappa shape index (κ3) is 2.73. The smallest absolute Gasteiger partial charge is 0.129 e. The van der Waals surface area contributed by atoms with Gasteiger partial charge in [-0.1, -0.05) is 64.5 Å². The highest BCUT2D eigenvalue weighted by Gasteiger charge is 2.14. The summed E-state index contributed by atoms with van der Waals surface area (Å²) in [6.07, 6.45) is 0. The van der Waals surface area contributed by atoms with Gasteiger partial charge < -0.3 is 0 Å². The molecule has 2 heteroatoms. The molecule has 0 radical (unpaired) electrons. The van der Waals surface area contributed by atoms with Crippen LogP contribution in [0.1, 0.15) is 27.1 Å². The predicted molar refractivity (Wildman–Crippen MR) is 90.6 cm³/mol. The van der Waals surface area contributed by atoms with Crippen LogP contribution in [0.25, 0.3) is 10.8 Å². The Kier molecular flexibility index (Phi) is 3.81. The molecule has 106 valence electrons. The van der Waals surface area contributed by atoms with Gasteiger partial charge >= 0.3 is 0 Å². The lowest BCUT2D eigenvalue weighted by atomic mass is 9.98. The first-order valence-electron chi connectivity index (χ1n) is 6.95. The molecule has 0 heterocycles. The van der Waals surface area contributed by atoms with Crippen LogP contribution < -0.4 is 0 Å². The monoisotopic (exact) mass is 342 g/mol. The van der Waals surface area contributed by atoms with E-state index in [2.05, 4.69) is 46.3 Å². The van der Waals surface area contributed by atoms with Gasteiger partial charge in [-0.25, -0.2) is 4.39 Å². The quantitative estimate of drug-likeness (QED) is 0.495. The Bertz CT molecular complexity index is 785. The van der Waals surface area contributed by atoms with Crippen molar-refractivity contribution in [2.24, 2.45) is 0 Å². The number of benzene rings is 3. The molecule has 0 N–H and O–H groups in total. The van der Waals surface area contributed by atoms with Crippen LogP contribution in [0.3, 0.4) is 0 Å². The zero-order valence-electron chi connectivity index (χ0n) is 12.0. The van der Waals surface area contributed by atoms with E-state index in [1.165, 1.54) is 16.3 Å². The third-order valence-corrected chi connectivity index (χ3v) is 4.87. The molecule has 21 heavy (non-hydrogen) atoms. The van der Waals surface area contributed by atoms with Crippen molar-refractivity contribution in [2.75, 3.05) is 0 Å². The van der Waals surface area contributed by atoms with Gasteiger partial charge in [-0.2, -0.15) is 0 Å². The Labute approximate surface area is 132 Å². The average Bonchev–Trinajstić information content (AvgIpc) is 2.51. The molecule has 3 aromatic rings. The van der Waals surface area contributed by atoms with E-state index in [1.807, 2.05) is 38.1 Å². The SMILES string of the molecule is Cc1cc(C(Br)c2ccc3ccccc3c2)cc(C)c1F. The van der Waals surface area contributed by atoms with Crippen molar-refractivity contribution in [1.82, 2.24) is 0 Å². The minimum Gasteiger partial charge on any atom is -0.206 e. The minimum absolute atomic E-state index is 0.0695. The maximum atomic E-state index is 13.8. The summed E-state index contributed by atoms with van der Waals surface area (Å²) < 4.78 is 13.8. The highest BCUT2D eigenvalue weighted by atomic mass is 79.9. The molecule has 3 rings (SSSR count). The Morgan fingerprint density at radius 1 is 0.810 bits per heavy atom. The summed E-state index contributed by atoms with van der Waals surface area (Å²) in [6.45, 7) is 3.62. The predicted octanol–water partition coefficient (Wildman–Crippen LogP) is 6.08. The first-order valence-corrected chi connectivity index (χ1v) is 7.87. The average molecular weight is 343 g/mol. The summed E-state index contributed by atoms with van der Waals surface area (Å²) in [4.78, 5) is 0.0695.